The zero-order chi connectivity index (χ0) is 31.6. The fourth-order valence-corrected chi connectivity index (χ4v) is 5.69. The maximum absolute atomic E-state index is 15.1. The third kappa shape index (κ3) is 7.58. The average Bonchev–Trinajstić information content (AvgIpc) is 2.93. The standard InChI is InChI=1S/C30H32F10O3/c1-2-3-18-15-41-26(42-16-18)11-6-17-4-7-19(8-5-17)21-13-23(32)27(24(33)14-21)20-9-10-25(22(31)12-20)43-30(39,40)28(34,35)29(36,37)38/h9-10,12-14,17-19,26H,2-8,11,15-16H2,1H3. The van der Waals surface area contributed by atoms with Crippen LogP contribution in [0.4, 0.5) is 43.9 Å². The first kappa shape index (κ1) is 33.4. The molecule has 1 aliphatic heterocycles. The molecule has 43 heavy (non-hydrogen) atoms. The molecule has 2 aromatic carbocycles. The summed E-state index contributed by atoms with van der Waals surface area (Å²) in [7, 11) is 0. The topological polar surface area (TPSA) is 27.7 Å². The van der Waals surface area contributed by atoms with Crippen molar-refractivity contribution in [1.29, 1.82) is 0 Å². The van der Waals surface area contributed by atoms with Crippen LogP contribution in [0.5, 0.6) is 5.75 Å². The Morgan fingerprint density at radius 3 is 1.88 bits per heavy atom. The first-order valence-electron chi connectivity index (χ1n) is 14.2. The van der Waals surface area contributed by atoms with E-state index in [4.69, 9.17) is 9.47 Å². The Bertz CT molecular complexity index is 1210. The molecule has 0 bridgehead atoms. The van der Waals surface area contributed by atoms with Crippen LogP contribution in [0.15, 0.2) is 30.3 Å². The van der Waals surface area contributed by atoms with Gasteiger partial charge in [0.1, 0.15) is 11.6 Å². The van der Waals surface area contributed by atoms with Crippen LogP contribution in [0.25, 0.3) is 11.1 Å². The summed E-state index contributed by atoms with van der Waals surface area (Å²) < 4.78 is 150. The minimum Gasteiger partial charge on any atom is -0.425 e. The lowest BCUT2D eigenvalue weighted by Crippen LogP contribution is -2.55. The van der Waals surface area contributed by atoms with Crippen LogP contribution < -0.4 is 4.74 Å². The van der Waals surface area contributed by atoms with E-state index in [0.717, 1.165) is 50.7 Å². The van der Waals surface area contributed by atoms with E-state index in [1.165, 1.54) is 0 Å². The highest BCUT2D eigenvalue weighted by Gasteiger charge is 2.75. The van der Waals surface area contributed by atoms with Crippen molar-refractivity contribution in [3.05, 3.63) is 53.3 Å². The number of alkyl halides is 7. The van der Waals surface area contributed by atoms with Crippen molar-refractivity contribution in [1.82, 2.24) is 0 Å². The fourth-order valence-electron chi connectivity index (χ4n) is 5.69. The van der Waals surface area contributed by atoms with E-state index in [0.29, 0.717) is 61.7 Å². The van der Waals surface area contributed by atoms with Gasteiger partial charge in [-0.1, -0.05) is 19.4 Å². The Kier molecular flexibility index (Phi) is 10.3. The Hall–Kier alpha value is -2.54. The van der Waals surface area contributed by atoms with Crippen LogP contribution in [0.1, 0.15) is 69.8 Å². The highest BCUT2D eigenvalue weighted by molar-refractivity contribution is 5.66. The Morgan fingerprint density at radius 1 is 0.744 bits per heavy atom. The lowest BCUT2D eigenvalue weighted by molar-refractivity contribution is -0.403. The van der Waals surface area contributed by atoms with Crippen molar-refractivity contribution in [3.63, 3.8) is 0 Å². The molecule has 0 unspecified atom stereocenters. The summed E-state index contributed by atoms with van der Waals surface area (Å²) in [6.45, 7) is 3.51. The Balaban J connectivity index is 1.36. The molecule has 0 radical (unpaired) electrons. The molecule has 1 saturated heterocycles. The highest BCUT2D eigenvalue weighted by atomic mass is 19.4. The van der Waals surface area contributed by atoms with Crippen LogP contribution in [-0.4, -0.2) is 37.7 Å². The summed E-state index contributed by atoms with van der Waals surface area (Å²) in [6.07, 6.45) is -6.18. The van der Waals surface area contributed by atoms with Gasteiger partial charge in [0.2, 0.25) is 0 Å². The van der Waals surface area contributed by atoms with Gasteiger partial charge in [-0.3, -0.25) is 0 Å². The van der Waals surface area contributed by atoms with E-state index in [2.05, 4.69) is 11.7 Å². The van der Waals surface area contributed by atoms with Crippen LogP contribution in [0.3, 0.4) is 0 Å². The molecule has 0 aromatic heterocycles. The number of rotatable bonds is 10. The first-order valence-corrected chi connectivity index (χ1v) is 14.2. The molecule has 240 valence electrons. The van der Waals surface area contributed by atoms with Gasteiger partial charge in [-0.05, 0) is 92.2 Å². The largest absolute Gasteiger partial charge is 0.474 e. The molecule has 1 saturated carbocycles. The summed E-state index contributed by atoms with van der Waals surface area (Å²) in [4.78, 5) is 0. The molecular weight excluding hydrogens is 598 g/mol. The number of halogens is 10. The molecule has 0 amide bonds. The van der Waals surface area contributed by atoms with Crippen molar-refractivity contribution >= 4 is 0 Å². The molecule has 0 spiro atoms. The third-order valence-corrected chi connectivity index (χ3v) is 8.11. The minimum atomic E-state index is -6.68. The van der Waals surface area contributed by atoms with Crippen molar-refractivity contribution < 1.29 is 58.1 Å². The van der Waals surface area contributed by atoms with E-state index in [1.54, 1.807) is 0 Å². The molecule has 1 heterocycles. The molecule has 2 aliphatic rings. The normalized spacial score (nSPS) is 23.8. The summed E-state index contributed by atoms with van der Waals surface area (Å²) in [5, 5.41) is 0. The predicted molar refractivity (Wildman–Crippen MR) is 136 cm³/mol. The molecule has 0 N–H and O–H groups in total. The maximum atomic E-state index is 15.1. The van der Waals surface area contributed by atoms with Gasteiger partial charge in [0.25, 0.3) is 0 Å². The van der Waals surface area contributed by atoms with E-state index in [-0.39, 0.29) is 12.2 Å². The van der Waals surface area contributed by atoms with Crippen molar-refractivity contribution in [3.8, 4) is 16.9 Å². The molecule has 1 aliphatic carbocycles. The summed E-state index contributed by atoms with van der Waals surface area (Å²) in [5.74, 6) is -11.5. The van der Waals surface area contributed by atoms with Gasteiger partial charge in [0, 0.05) is 5.92 Å². The molecule has 2 fully saturated rings. The van der Waals surface area contributed by atoms with E-state index in [1.807, 2.05) is 0 Å². The smallest absolute Gasteiger partial charge is 0.425 e. The molecule has 0 atom stereocenters. The number of hydrogen-bond acceptors (Lipinski definition) is 3. The highest BCUT2D eigenvalue weighted by Crippen LogP contribution is 2.48. The predicted octanol–water partition coefficient (Wildman–Crippen LogP) is 9.78. The van der Waals surface area contributed by atoms with Crippen molar-refractivity contribution in [2.45, 2.75) is 88.7 Å². The van der Waals surface area contributed by atoms with E-state index in [9.17, 15) is 35.1 Å². The second-order valence-corrected chi connectivity index (χ2v) is 11.2. The zero-order valence-electron chi connectivity index (χ0n) is 23.3. The summed E-state index contributed by atoms with van der Waals surface area (Å²) >= 11 is 0. The van der Waals surface area contributed by atoms with Crippen LogP contribution in [-0.2, 0) is 9.47 Å². The lowest BCUT2D eigenvalue weighted by Gasteiger charge is -2.32. The minimum absolute atomic E-state index is 0.128. The number of ether oxygens (including phenoxy) is 3. The van der Waals surface area contributed by atoms with Crippen LogP contribution in [0, 0.1) is 29.3 Å². The summed E-state index contributed by atoms with van der Waals surface area (Å²) in [5.41, 5.74) is -0.814. The van der Waals surface area contributed by atoms with Crippen molar-refractivity contribution in [2.75, 3.05) is 13.2 Å². The van der Waals surface area contributed by atoms with Gasteiger partial charge < -0.3 is 14.2 Å². The monoisotopic (exact) mass is 630 g/mol. The third-order valence-electron chi connectivity index (χ3n) is 8.11. The second-order valence-electron chi connectivity index (χ2n) is 11.2. The molecule has 2 aromatic rings. The van der Waals surface area contributed by atoms with Gasteiger partial charge in [-0.2, -0.15) is 30.7 Å². The molecule has 13 heteroatoms. The lowest BCUT2D eigenvalue weighted by atomic mass is 9.77. The SMILES string of the molecule is CCCC1COC(CCC2CCC(c3cc(F)c(-c4ccc(OC(F)(F)C(F)(F)C(F)(F)F)c(F)c4)c(F)c3)CC2)OC1. The quantitative estimate of drug-likeness (QED) is 0.245. The van der Waals surface area contributed by atoms with Crippen LogP contribution >= 0.6 is 0 Å². The molecular formula is C30H32F10O3. The zero-order valence-corrected chi connectivity index (χ0v) is 23.3. The Morgan fingerprint density at radius 2 is 1.35 bits per heavy atom. The van der Waals surface area contributed by atoms with Crippen LogP contribution in [0.2, 0.25) is 0 Å². The van der Waals surface area contributed by atoms with E-state index < -0.39 is 52.5 Å². The molecule has 3 nitrogen and oxygen atoms in total. The van der Waals surface area contributed by atoms with Gasteiger partial charge >= 0.3 is 18.2 Å². The van der Waals surface area contributed by atoms with E-state index >= 15 is 8.78 Å². The maximum Gasteiger partial charge on any atom is 0.474 e. The van der Waals surface area contributed by atoms with Crippen molar-refractivity contribution in [2.24, 2.45) is 11.8 Å². The van der Waals surface area contributed by atoms with Gasteiger partial charge in [-0.15, -0.1) is 0 Å². The fraction of sp³-hybridized carbons (Fsp3) is 0.600. The average molecular weight is 631 g/mol. The first-order chi connectivity index (χ1) is 20.1. The number of hydrogen-bond donors (Lipinski definition) is 0. The molecule has 4 rings (SSSR count). The Labute approximate surface area is 242 Å². The summed E-state index contributed by atoms with van der Waals surface area (Å²) in [6, 6.07) is 3.48. The number of benzene rings is 2. The van der Waals surface area contributed by atoms with Gasteiger partial charge in [0.15, 0.2) is 17.9 Å². The van der Waals surface area contributed by atoms with Gasteiger partial charge in [0.05, 0.1) is 18.8 Å². The second kappa shape index (κ2) is 13.2. The van der Waals surface area contributed by atoms with Gasteiger partial charge in [-0.25, -0.2) is 13.2 Å².